The molecule has 166 valence electrons. The molecule has 0 unspecified atom stereocenters. The van der Waals surface area contributed by atoms with E-state index in [4.69, 9.17) is 4.74 Å². The van der Waals surface area contributed by atoms with E-state index in [1.165, 1.54) is 6.07 Å². The summed E-state index contributed by atoms with van der Waals surface area (Å²) in [7, 11) is 0. The quantitative estimate of drug-likeness (QED) is 0.362. The molecule has 3 rings (SSSR count). The summed E-state index contributed by atoms with van der Waals surface area (Å²) in [5.41, 5.74) is 1.34. The Morgan fingerprint density at radius 3 is 2.77 bits per heavy atom. The summed E-state index contributed by atoms with van der Waals surface area (Å²) in [4.78, 5) is 18.4. The Labute approximate surface area is 180 Å². The van der Waals surface area contributed by atoms with Crippen LogP contribution < -0.4 is 25.0 Å². The normalized spacial score (nSPS) is 13.6. The van der Waals surface area contributed by atoms with Crippen LogP contribution in [0.15, 0.2) is 53.5 Å². The van der Waals surface area contributed by atoms with Crippen molar-refractivity contribution >= 4 is 17.6 Å². The molecule has 7 nitrogen and oxygen atoms in total. The average Bonchev–Trinajstić information content (AvgIpc) is 2.76. The monoisotopic (exact) mass is 432 g/mol. The molecule has 1 amide bonds. The van der Waals surface area contributed by atoms with Gasteiger partial charge >= 0.3 is 6.61 Å². The highest BCUT2D eigenvalue weighted by molar-refractivity contribution is 5.97. The Morgan fingerprint density at radius 1 is 1.19 bits per heavy atom. The fourth-order valence-electron chi connectivity index (χ4n) is 3.19. The molecule has 9 heteroatoms. The van der Waals surface area contributed by atoms with Crippen LogP contribution in [0.4, 0.5) is 14.5 Å². The fourth-order valence-corrected chi connectivity index (χ4v) is 3.19. The Kier molecular flexibility index (Phi) is 8.03. The summed E-state index contributed by atoms with van der Waals surface area (Å²) < 4.78 is 35.2. The molecule has 0 bridgehead atoms. The SMILES string of the molecule is CCNC(=NCc1ccccc1OC(F)F)NCCCN1C(=O)COc2ccccc21. The van der Waals surface area contributed by atoms with Crippen molar-refractivity contribution in [2.45, 2.75) is 26.5 Å². The summed E-state index contributed by atoms with van der Waals surface area (Å²) in [5, 5.41) is 6.34. The molecule has 0 radical (unpaired) electrons. The second-order valence-corrected chi connectivity index (χ2v) is 6.76. The zero-order valence-electron chi connectivity index (χ0n) is 17.3. The number of carbonyl (C=O) groups is 1. The van der Waals surface area contributed by atoms with Crippen molar-refractivity contribution in [3.63, 3.8) is 0 Å². The van der Waals surface area contributed by atoms with Crippen molar-refractivity contribution in [3.05, 3.63) is 54.1 Å². The average molecular weight is 432 g/mol. The van der Waals surface area contributed by atoms with E-state index < -0.39 is 6.61 Å². The van der Waals surface area contributed by atoms with Gasteiger partial charge in [0.1, 0.15) is 11.5 Å². The van der Waals surface area contributed by atoms with Crippen molar-refractivity contribution in [1.29, 1.82) is 0 Å². The molecule has 1 aliphatic rings. The number of hydrogen-bond donors (Lipinski definition) is 2. The third-order valence-electron chi connectivity index (χ3n) is 4.60. The largest absolute Gasteiger partial charge is 0.482 e. The van der Waals surface area contributed by atoms with Gasteiger partial charge in [0.15, 0.2) is 12.6 Å². The van der Waals surface area contributed by atoms with E-state index in [9.17, 15) is 13.6 Å². The van der Waals surface area contributed by atoms with Crippen molar-refractivity contribution in [1.82, 2.24) is 10.6 Å². The predicted molar refractivity (Wildman–Crippen MR) is 115 cm³/mol. The molecule has 2 aromatic rings. The number of amides is 1. The number of benzene rings is 2. The van der Waals surface area contributed by atoms with E-state index in [1.807, 2.05) is 31.2 Å². The van der Waals surface area contributed by atoms with E-state index in [-0.39, 0.29) is 24.8 Å². The molecule has 0 aliphatic carbocycles. The number of nitrogens with one attached hydrogen (secondary N) is 2. The zero-order chi connectivity index (χ0) is 22.1. The van der Waals surface area contributed by atoms with Crippen LogP contribution in [0.5, 0.6) is 11.5 Å². The van der Waals surface area contributed by atoms with Crippen molar-refractivity contribution in [2.75, 3.05) is 31.1 Å². The van der Waals surface area contributed by atoms with Gasteiger partial charge in [0, 0.05) is 25.2 Å². The summed E-state index contributed by atoms with van der Waals surface area (Å²) in [6.45, 7) is 1.04. The Balaban J connectivity index is 1.55. The maximum Gasteiger partial charge on any atom is 0.387 e. The number of hydrogen-bond acceptors (Lipinski definition) is 4. The number of nitrogens with zero attached hydrogens (tertiary/aromatic N) is 2. The Morgan fingerprint density at radius 2 is 1.97 bits per heavy atom. The van der Waals surface area contributed by atoms with Crippen LogP contribution in [0.2, 0.25) is 0 Å². The highest BCUT2D eigenvalue weighted by Crippen LogP contribution is 2.31. The first-order chi connectivity index (χ1) is 15.1. The molecule has 2 N–H and O–H groups in total. The van der Waals surface area contributed by atoms with Crippen LogP contribution in [0, 0.1) is 0 Å². The summed E-state index contributed by atoms with van der Waals surface area (Å²) in [5.74, 6) is 1.30. The predicted octanol–water partition coefficient (Wildman–Crippen LogP) is 3.16. The lowest BCUT2D eigenvalue weighted by molar-refractivity contribution is -0.121. The Bertz CT molecular complexity index is 908. The van der Waals surface area contributed by atoms with Gasteiger partial charge in [-0.05, 0) is 31.5 Å². The number of para-hydroxylation sites is 3. The third kappa shape index (κ3) is 6.31. The standard InChI is InChI=1S/C22H26F2N4O3/c1-2-25-22(27-14-16-8-3-5-10-18(16)31-21(23)24)26-12-7-13-28-17-9-4-6-11-19(17)30-15-20(28)29/h3-6,8-11,21H,2,7,12-15H2,1H3,(H2,25,26,27). The molecule has 1 heterocycles. The van der Waals surface area contributed by atoms with Gasteiger partial charge in [-0.2, -0.15) is 8.78 Å². The molecule has 0 spiro atoms. The molecule has 31 heavy (non-hydrogen) atoms. The van der Waals surface area contributed by atoms with Gasteiger partial charge in [0.25, 0.3) is 5.91 Å². The number of guanidine groups is 1. The molecule has 2 aromatic carbocycles. The van der Waals surface area contributed by atoms with E-state index in [0.717, 1.165) is 5.69 Å². The van der Waals surface area contributed by atoms with E-state index >= 15 is 0 Å². The van der Waals surface area contributed by atoms with E-state index in [1.54, 1.807) is 23.1 Å². The fraction of sp³-hybridized carbons (Fsp3) is 0.364. The van der Waals surface area contributed by atoms with Gasteiger partial charge in [-0.1, -0.05) is 30.3 Å². The van der Waals surface area contributed by atoms with E-state index in [2.05, 4.69) is 20.4 Å². The van der Waals surface area contributed by atoms with Crippen LogP contribution in [0.3, 0.4) is 0 Å². The number of anilines is 1. The maximum atomic E-state index is 12.6. The lowest BCUT2D eigenvalue weighted by Crippen LogP contribution is -2.42. The summed E-state index contributed by atoms with van der Waals surface area (Å²) in [6.07, 6.45) is 0.690. The van der Waals surface area contributed by atoms with Crippen LogP contribution in [0.1, 0.15) is 18.9 Å². The number of aliphatic imine (C=N–C) groups is 1. The van der Waals surface area contributed by atoms with Crippen molar-refractivity contribution < 1.29 is 23.0 Å². The molecule has 0 atom stereocenters. The molecule has 1 aliphatic heterocycles. The molecule has 0 saturated carbocycles. The highest BCUT2D eigenvalue weighted by Gasteiger charge is 2.24. The van der Waals surface area contributed by atoms with Crippen LogP contribution in [-0.4, -0.2) is 44.7 Å². The highest BCUT2D eigenvalue weighted by atomic mass is 19.3. The Hall–Kier alpha value is -3.36. The van der Waals surface area contributed by atoms with Gasteiger partial charge < -0.3 is 25.0 Å². The van der Waals surface area contributed by atoms with Gasteiger partial charge in [-0.15, -0.1) is 0 Å². The summed E-state index contributed by atoms with van der Waals surface area (Å²) in [6, 6.07) is 14.0. The number of ether oxygens (including phenoxy) is 2. The smallest absolute Gasteiger partial charge is 0.387 e. The second-order valence-electron chi connectivity index (χ2n) is 6.76. The number of rotatable bonds is 9. The lowest BCUT2D eigenvalue weighted by atomic mass is 10.2. The van der Waals surface area contributed by atoms with Crippen LogP contribution >= 0.6 is 0 Å². The van der Waals surface area contributed by atoms with Gasteiger partial charge in [0.2, 0.25) is 0 Å². The number of carbonyl (C=O) groups excluding carboxylic acids is 1. The lowest BCUT2D eigenvalue weighted by Gasteiger charge is -2.29. The molecular weight excluding hydrogens is 406 g/mol. The number of halogens is 2. The van der Waals surface area contributed by atoms with E-state index in [0.29, 0.717) is 43.3 Å². The van der Waals surface area contributed by atoms with Crippen LogP contribution in [0.25, 0.3) is 0 Å². The van der Waals surface area contributed by atoms with Gasteiger partial charge in [0.05, 0.1) is 12.2 Å². The molecule has 0 saturated heterocycles. The minimum absolute atomic E-state index is 0.0363. The topological polar surface area (TPSA) is 75.2 Å². The van der Waals surface area contributed by atoms with Gasteiger partial charge in [-0.3, -0.25) is 4.79 Å². The minimum Gasteiger partial charge on any atom is -0.482 e. The van der Waals surface area contributed by atoms with Crippen molar-refractivity contribution in [2.24, 2.45) is 4.99 Å². The molecule has 0 aromatic heterocycles. The van der Waals surface area contributed by atoms with Crippen LogP contribution in [-0.2, 0) is 11.3 Å². The van der Waals surface area contributed by atoms with Crippen molar-refractivity contribution in [3.8, 4) is 11.5 Å². The minimum atomic E-state index is -2.88. The number of alkyl halides is 2. The first kappa shape index (κ1) is 22.3. The zero-order valence-corrected chi connectivity index (χ0v) is 17.3. The maximum absolute atomic E-state index is 12.6. The first-order valence-electron chi connectivity index (χ1n) is 10.2. The third-order valence-corrected chi connectivity index (χ3v) is 4.60. The first-order valence-corrected chi connectivity index (χ1v) is 10.2. The number of fused-ring (bicyclic) bond motifs is 1. The molecule has 0 fully saturated rings. The van der Waals surface area contributed by atoms with Gasteiger partial charge in [-0.25, -0.2) is 4.99 Å². The molecular formula is C22H26F2N4O3. The summed E-state index contributed by atoms with van der Waals surface area (Å²) >= 11 is 0. The second kappa shape index (κ2) is 11.1.